The molecule has 0 aliphatic heterocycles. The first-order valence-corrected chi connectivity index (χ1v) is 12.4. The molecule has 0 spiro atoms. The standard InChI is InChI=1S/C26H22OP2/c27-21-26(28(22-13-5-1-6-14-22)23-15-7-2-8-16-23)29(24-17-9-3-10-18-24)25-19-11-4-12-20-25/h1-21,26H. The van der Waals surface area contributed by atoms with Gasteiger partial charge in [-0.2, -0.15) is 0 Å². The van der Waals surface area contributed by atoms with Crippen LogP contribution in [0, 0.1) is 0 Å². The second-order valence-corrected chi connectivity index (χ2v) is 11.7. The Labute approximate surface area is 174 Å². The van der Waals surface area contributed by atoms with E-state index in [4.69, 9.17) is 0 Å². The molecule has 4 aromatic carbocycles. The van der Waals surface area contributed by atoms with E-state index in [0.717, 1.165) is 0 Å². The second kappa shape index (κ2) is 9.75. The van der Waals surface area contributed by atoms with Gasteiger partial charge in [0.15, 0.2) is 0 Å². The van der Waals surface area contributed by atoms with Gasteiger partial charge < -0.3 is 4.79 Å². The molecule has 0 aliphatic rings. The van der Waals surface area contributed by atoms with Gasteiger partial charge in [0.05, 0.1) is 5.40 Å². The molecule has 4 rings (SSSR count). The van der Waals surface area contributed by atoms with E-state index in [-0.39, 0.29) is 5.40 Å². The van der Waals surface area contributed by atoms with Crippen LogP contribution in [0.1, 0.15) is 0 Å². The molecule has 0 unspecified atom stereocenters. The molecule has 4 aromatic rings. The van der Waals surface area contributed by atoms with Gasteiger partial charge in [-0.1, -0.05) is 121 Å². The van der Waals surface area contributed by atoms with Gasteiger partial charge in [-0.05, 0) is 37.1 Å². The van der Waals surface area contributed by atoms with Crippen molar-refractivity contribution in [3.63, 3.8) is 0 Å². The Kier molecular flexibility index (Phi) is 6.63. The lowest BCUT2D eigenvalue weighted by atomic mass is 10.4. The Hall–Kier alpha value is -2.59. The topological polar surface area (TPSA) is 17.1 Å². The van der Waals surface area contributed by atoms with E-state index in [9.17, 15) is 4.79 Å². The van der Waals surface area contributed by atoms with Crippen LogP contribution >= 0.6 is 15.8 Å². The second-order valence-electron chi connectivity index (χ2n) is 6.63. The number of hydrogen-bond acceptors (Lipinski definition) is 1. The number of hydrogen-bond donors (Lipinski definition) is 0. The van der Waals surface area contributed by atoms with Gasteiger partial charge in [-0.3, -0.25) is 0 Å². The van der Waals surface area contributed by atoms with Crippen LogP contribution in [0.15, 0.2) is 121 Å². The van der Waals surface area contributed by atoms with Crippen molar-refractivity contribution in [3.8, 4) is 0 Å². The maximum atomic E-state index is 12.7. The van der Waals surface area contributed by atoms with Gasteiger partial charge in [-0.25, -0.2) is 0 Å². The Morgan fingerprint density at radius 2 is 0.690 bits per heavy atom. The third kappa shape index (κ3) is 4.54. The quantitative estimate of drug-likeness (QED) is 0.316. The minimum Gasteiger partial charge on any atom is -0.302 e. The summed E-state index contributed by atoms with van der Waals surface area (Å²) in [7, 11) is -1.68. The molecule has 0 heterocycles. The summed E-state index contributed by atoms with van der Waals surface area (Å²) in [5.41, 5.74) is 0. The molecular weight excluding hydrogens is 390 g/mol. The summed E-state index contributed by atoms with van der Waals surface area (Å²) < 4.78 is 0. The normalized spacial score (nSPS) is 11.1. The average Bonchev–Trinajstić information content (AvgIpc) is 2.81. The van der Waals surface area contributed by atoms with Gasteiger partial charge in [-0.15, -0.1) is 0 Å². The predicted molar refractivity (Wildman–Crippen MR) is 128 cm³/mol. The molecule has 0 aromatic heterocycles. The number of carbonyl (C=O) groups is 1. The zero-order chi connectivity index (χ0) is 19.9. The van der Waals surface area contributed by atoms with Crippen molar-refractivity contribution < 1.29 is 4.79 Å². The highest BCUT2D eigenvalue weighted by Gasteiger charge is 2.33. The molecule has 29 heavy (non-hydrogen) atoms. The summed E-state index contributed by atoms with van der Waals surface area (Å²) in [5.74, 6) is 0. The third-order valence-electron chi connectivity index (χ3n) is 4.79. The molecule has 0 amide bonds. The fourth-order valence-electron chi connectivity index (χ4n) is 3.50. The van der Waals surface area contributed by atoms with Crippen molar-refractivity contribution in [2.45, 2.75) is 5.40 Å². The average molecular weight is 412 g/mol. The number of benzene rings is 4. The van der Waals surface area contributed by atoms with Crippen molar-refractivity contribution in [3.05, 3.63) is 121 Å². The van der Waals surface area contributed by atoms with Gasteiger partial charge in [0, 0.05) is 0 Å². The molecule has 3 heteroatoms. The van der Waals surface area contributed by atoms with Gasteiger partial charge >= 0.3 is 0 Å². The molecule has 142 valence electrons. The zero-order valence-corrected chi connectivity index (χ0v) is 17.8. The Bertz CT molecular complexity index is 859. The highest BCUT2D eigenvalue weighted by atomic mass is 31.2. The smallest absolute Gasteiger partial charge is 0.132 e. The molecule has 0 atom stereocenters. The molecule has 0 fully saturated rings. The van der Waals surface area contributed by atoms with Crippen molar-refractivity contribution in [1.82, 2.24) is 0 Å². The van der Waals surface area contributed by atoms with Crippen molar-refractivity contribution in [1.29, 1.82) is 0 Å². The predicted octanol–water partition coefficient (Wildman–Crippen LogP) is 4.78. The Morgan fingerprint density at radius 3 is 0.897 bits per heavy atom. The van der Waals surface area contributed by atoms with Crippen LogP contribution in [-0.4, -0.2) is 11.7 Å². The summed E-state index contributed by atoms with van der Waals surface area (Å²) >= 11 is 0. The first-order chi connectivity index (χ1) is 14.4. The maximum Gasteiger partial charge on any atom is 0.132 e. The fraction of sp³-hybridized carbons (Fsp3) is 0.0385. The SMILES string of the molecule is O=CC(P(c1ccccc1)c1ccccc1)P(c1ccccc1)c1ccccc1. The number of aldehydes is 1. The molecule has 0 saturated carbocycles. The van der Waals surface area contributed by atoms with E-state index in [1.807, 2.05) is 24.3 Å². The van der Waals surface area contributed by atoms with Gasteiger partial charge in [0.25, 0.3) is 0 Å². The van der Waals surface area contributed by atoms with Crippen molar-refractivity contribution >= 4 is 43.3 Å². The van der Waals surface area contributed by atoms with Crippen LogP contribution < -0.4 is 21.2 Å². The van der Waals surface area contributed by atoms with Crippen molar-refractivity contribution in [2.24, 2.45) is 0 Å². The highest BCUT2D eigenvalue weighted by Crippen LogP contribution is 2.55. The lowest BCUT2D eigenvalue weighted by Crippen LogP contribution is -2.28. The first-order valence-electron chi connectivity index (χ1n) is 9.62. The number of rotatable bonds is 7. The maximum absolute atomic E-state index is 12.7. The highest BCUT2D eigenvalue weighted by molar-refractivity contribution is 7.90. The van der Waals surface area contributed by atoms with Gasteiger partial charge in [0.1, 0.15) is 6.29 Å². The minimum absolute atomic E-state index is 0.102. The molecule has 0 aliphatic carbocycles. The van der Waals surface area contributed by atoms with E-state index in [1.165, 1.54) is 27.5 Å². The minimum atomic E-state index is -0.840. The molecule has 0 N–H and O–H groups in total. The zero-order valence-electron chi connectivity index (χ0n) is 16.0. The third-order valence-corrected chi connectivity index (χ3v) is 10.9. The van der Waals surface area contributed by atoms with E-state index < -0.39 is 15.8 Å². The van der Waals surface area contributed by atoms with E-state index in [1.54, 1.807) is 0 Å². The lowest BCUT2D eigenvalue weighted by molar-refractivity contribution is -0.106. The Morgan fingerprint density at radius 1 is 0.448 bits per heavy atom. The summed E-state index contributed by atoms with van der Waals surface area (Å²) in [5, 5.41) is 4.86. The van der Waals surface area contributed by atoms with Crippen LogP contribution in [0.4, 0.5) is 0 Å². The number of carbonyl (C=O) groups excluding carboxylic acids is 1. The molecule has 1 nitrogen and oxygen atoms in total. The van der Waals surface area contributed by atoms with Crippen LogP contribution in [0.2, 0.25) is 0 Å². The van der Waals surface area contributed by atoms with E-state index in [2.05, 4.69) is 97.1 Å². The monoisotopic (exact) mass is 412 g/mol. The largest absolute Gasteiger partial charge is 0.302 e. The molecule has 0 bridgehead atoms. The van der Waals surface area contributed by atoms with Crippen LogP contribution in [0.25, 0.3) is 0 Å². The first kappa shape index (κ1) is 19.7. The van der Waals surface area contributed by atoms with Crippen LogP contribution in [-0.2, 0) is 4.79 Å². The summed E-state index contributed by atoms with van der Waals surface area (Å²) in [4.78, 5) is 12.7. The van der Waals surface area contributed by atoms with E-state index >= 15 is 0 Å². The van der Waals surface area contributed by atoms with Crippen molar-refractivity contribution in [2.75, 3.05) is 0 Å². The van der Waals surface area contributed by atoms with Crippen LogP contribution in [0.5, 0.6) is 0 Å². The van der Waals surface area contributed by atoms with Gasteiger partial charge in [0.2, 0.25) is 0 Å². The molecule has 0 saturated heterocycles. The summed E-state index contributed by atoms with van der Waals surface area (Å²) in [6.07, 6.45) is 1.21. The lowest BCUT2D eigenvalue weighted by Gasteiger charge is -2.32. The summed E-state index contributed by atoms with van der Waals surface area (Å²) in [6, 6.07) is 42.0. The van der Waals surface area contributed by atoms with E-state index in [0.29, 0.717) is 0 Å². The summed E-state index contributed by atoms with van der Waals surface area (Å²) in [6.45, 7) is 0. The molecular formula is C26H22OP2. The fourth-order valence-corrected chi connectivity index (χ4v) is 10.1. The van der Waals surface area contributed by atoms with Crippen LogP contribution in [0.3, 0.4) is 0 Å². The Balaban J connectivity index is 1.89. The molecule has 0 radical (unpaired) electrons.